The smallest absolute Gasteiger partial charge is 0.124 e. The highest BCUT2D eigenvalue weighted by Gasteiger charge is 2.15. The quantitative estimate of drug-likeness (QED) is 0.735. The number of aromatic nitrogens is 3. The van der Waals surface area contributed by atoms with Crippen LogP contribution in [0.15, 0.2) is 48.8 Å². The van der Waals surface area contributed by atoms with Crippen molar-refractivity contribution in [2.75, 3.05) is 0 Å². The molecule has 0 fully saturated rings. The number of aromatic hydroxyl groups is 1. The molecule has 0 aliphatic rings. The van der Waals surface area contributed by atoms with Crippen LogP contribution in [0.4, 0.5) is 0 Å². The van der Waals surface area contributed by atoms with E-state index >= 15 is 0 Å². The summed E-state index contributed by atoms with van der Waals surface area (Å²) in [6.45, 7) is 1.94. The monoisotopic (exact) mass is 251 g/mol. The van der Waals surface area contributed by atoms with Gasteiger partial charge in [-0.25, -0.2) is 0 Å². The summed E-state index contributed by atoms with van der Waals surface area (Å²) in [6.07, 6.45) is 3.49. The van der Waals surface area contributed by atoms with Gasteiger partial charge in [0.05, 0.1) is 11.4 Å². The van der Waals surface area contributed by atoms with Crippen LogP contribution in [-0.4, -0.2) is 20.3 Å². The normalized spacial score (nSPS) is 10.6. The molecule has 0 saturated carbocycles. The van der Waals surface area contributed by atoms with E-state index in [4.69, 9.17) is 0 Å². The molecule has 4 nitrogen and oxygen atoms in total. The Bertz CT molecular complexity index is 704. The largest absolute Gasteiger partial charge is 0.507 e. The summed E-state index contributed by atoms with van der Waals surface area (Å²) < 4.78 is 0. The van der Waals surface area contributed by atoms with Gasteiger partial charge in [0.25, 0.3) is 0 Å². The summed E-state index contributed by atoms with van der Waals surface area (Å²) in [5, 5.41) is 17.2. The number of aryl methyl sites for hydroxylation is 1. The van der Waals surface area contributed by atoms with Gasteiger partial charge in [0.1, 0.15) is 5.75 Å². The molecule has 0 bridgehead atoms. The van der Waals surface area contributed by atoms with Gasteiger partial charge in [-0.15, -0.1) is 0 Å². The maximum absolute atomic E-state index is 9.98. The Balaban J connectivity index is 2.23. The second kappa shape index (κ2) is 4.57. The Morgan fingerprint density at radius 1 is 1.05 bits per heavy atom. The minimum atomic E-state index is 0.237. The molecule has 0 saturated heterocycles. The fourth-order valence-corrected chi connectivity index (χ4v) is 2.18. The molecule has 0 amide bonds. The van der Waals surface area contributed by atoms with Crippen LogP contribution < -0.4 is 0 Å². The lowest BCUT2D eigenvalue weighted by Crippen LogP contribution is -1.85. The van der Waals surface area contributed by atoms with E-state index in [2.05, 4.69) is 15.2 Å². The molecule has 1 aromatic carbocycles. The van der Waals surface area contributed by atoms with Gasteiger partial charge in [0.15, 0.2) is 0 Å². The van der Waals surface area contributed by atoms with E-state index in [-0.39, 0.29) is 5.75 Å². The highest BCUT2D eigenvalue weighted by atomic mass is 16.3. The fourth-order valence-electron chi connectivity index (χ4n) is 2.18. The Hall–Kier alpha value is -2.62. The number of hydrogen-bond donors (Lipinski definition) is 2. The highest BCUT2D eigenvalue weighted by molar-refractivity contribution is 5.84. The van der Waals surface area contributed by atoms with E-state index < -0.39 is 0 Å². The summed E-state index contributed by atoms with van der Waals surface area (Å²) >= 11 is 0. The third-order valence-electron chi connectivity index (χ3n) is 3.09. The van der Waals surface area contributed by atoms with Gasteiger partial charge in [-0.2, -0.15) is 5.10 Å². The highest BCUT2D eigenvalue weighted by Crippen LogP contribution is 2.36. The minimum Gasteiger partial charge on any atom is -0.507 e. The van der Waals surface area contributed by atoms with Crippen molar-refractivity contribution in [2.45, 2.75) is 6.92 Å². The zero-order chi connectivity index (χ0) is 13.2. The summed E-state index contributed by atoms with van der Waals surface area (Å²) in [4.78, 5) is 4.02. The predicted molar refractivity (Wildman–Crippen MR) is 73.7 cm³/mol. The lowest BCUT2D eigenvalue weighted by Gasteiger charge is -2.06. The number of H-pyrrole nitrogens is 1. The van der Waals surface area contributed by atoms with Crippen molar-refractivity contribution in [3.8, 4) is 28.1 Å². The molecule has 19 heavy (non-hydrogen) atoms. The minimum absolute atomic E-state index is 0.237. The number of benzene rings is 1. The number of aromatic amines is 1. The van der Waals surface area contributed by atoms with E-state index in [0.717, 1.165) is 28.1 Å². The molecule has 4 heteroatoms. The molecule has 2 N–H and O–H groups in total. The Morgan fingerprint density at radius 3 is 2.53 bits per heavy atom. The number of phenolic OH excluding ortho intramolecular Hbond substituents is 1. The van der Waals surface area contributed by atoms with Crippen molar-refractivity contribution >= 4 is 0 Å². The average molecular weight is 251 g/mol. The van der Waals surface area contributed by atoms with Crippen molar-refractivity contribution in [1.29, 1.82) is 0 Å². The van der Waals surface area contributed by atoms with Gasteiger partial charge in [-0.3, -0.25) is 10.1 Å². The molecule has 94 valence electrons. The molecular formula is C15H13N3O. The zero-order valence-electron chi connectivity index (χ0n) is 10.5. The first-order valence-corrected chi connectivity index (χ1v) is 6.01. The topological polar surface area (TPSA) is 61.8 Å². The van der Waals surface area contributed by atoms with Crippen molar-refractivity contribution in [2.24, 2.45) is 0 Å². The summed E-state index contributed by atoms with van der Waals surface area (Å²) in [6, 6.07) is 11.1. The van der Waals surface area contributed by atoms with Crippen LogP contribution in [0.2, 0.25) is 0 Å². The van der Waals surface area contributed by atoms with Gasteiger partial charge in [0.2, 0.25) is 0 Å². The van der Waals surface area contributed by atoms with Crippen LogP contribution in [0.3, 0.4) is 0 Å². The lowest BCUT2D eigenvalue weighted by atomic mass is 10.00. The predicted octanol–water partition coefficient (Wildman–Crippen LogP) is 3.15. The number of phenols is 1. The van der Waals surface area contributed by atoms with Crippen LogP contribution >= 0.6 is 0 Å². The second-order valence-electron chi connectivity index (χ2n) is 4.31. The third-order valence-corrected chi connectivity index (χ3v) is 3.09. The van der Waals surface area contributed by atoms with E-state index in [1.807, 2.05) is 31.2 Å². The number of rotatable bonds is 2. The van der Waals surface area contributed by atoms with E-state index in [1.165, 1.54) is 0 Å². The van der Waals surface area contributed by atoms with E-state index in [9.17, 15) is 5.11 Å². The van der Waals surface area contributed by atoms with Crippen LogP contribution in [0, 0.1) is 6.92 Å². The molecule has 0 aliphatic heterocycles. The molecular weight excluding hydrogens is 238 g/mol. The zero-order valence-corrected chi connectivity index (χ0v) is 10.5. The van der Waals surface area contributed by atoms with Gasteiger partial charge in [0, 0.05) is 23.5 Å². The van der Waals surface area contributed by atoms with Crippen molar-refractivity contribution < 1.29 is 5.11 Å². The maximum atomic E-state index is 9.98. The third kappa shape index (κ3) is 1.97. The molecule has 2 aromatic heterocycles. The van der Waals surface area contributed by atoms with E-state index in [1.54, 1.807) is 24.5 Å². The van der Waals surface area contributed by atoms with Crippen LogP contribution in [0.25, 0.3) is 22.4 Å². The molecule has 0 radical (unpaired) electrons. The van der Waals surface area contributed by atoms with Gasteiger partial charge >= 0.3 is 0 Å². The Kier molecular flexibility index (Phi) is 2.76. The number of nitrogens with zero attached hydrogens (tertiary/aromatic N) is 2. The van der Waals surface area contributed by atoms with Crippen LogP contribution in [0.1, 0.15) is 5.69 Å². The first-order valence-electron chi connectivity index (χ1n) is 6.01. The Labute approximate surface area is 110 Å². The molecule has 3 aromatic rings. The van der Waals surface area contributed by atoms with Gasteiger partial charge < -0.3 is 5.11 Å². The first kappa shape index (κ1) is 11.5. The molecule has 0 spiro atoms. The van der Waals surface area contributed by atoms with Crippen molar-refractivity contribution in [1.82, 2.24) is 15.2 Å². The molecule has 3 rings (SSSR count). The average Bonchev–Trinajstić information content (AvgIpc) is 2.82. The molecule has 2 heterocycles. The fraction of sp³-hybridized carbons (Fsp3) is 0.0667. The van der Waals surface area contributed by atoms with Crippen LogP contribution in [0.5, 0.6) is 5.75 Å². The molecule has 0 unspecified atom stereocenters. The second-order valence-corrected chi connectivity index (χ2v) is 4.31. The summed E-state index contributed by atoms with van der Waals surface area (Å²) in [5.74, 6) is 0.237. The van der Waals surface area contributed by atoms with Crippen molar-refractivity contribution in [3.05, 3.63) is 54.5 Å². The molecule has 0 aliphatic carbocycles. The first-order chi connectivity index (χ1) is 9.27. The Morgan fingerprint density at radius 2 is 1.79 bits per heavy atom. The number of hydrogen-bond acceptors (Lipinski definition) is 3. The van der Waals surface area contributed by atoms with Gasteiger partial charge in [-0.1, -0.05) is 12.1 Å². The van der Waals surface area contributed by atoms with Gasteiger partial charge in [-0.05, 0) is 36.8 Å². The summed E-state index contributed by atoms with van der Waals surface area (Å²) in [5.41, 5.74) is 4.48. The SMILES string of the molecule is Cc1n[nH]c(-c2ccccc2O)c1-c1ccncc1. The number of para-hydroxylation sites is 1. The maximum Gasteiger partial charge on any atom is 0.124 e. The number of pyridine rings is 1. The van der Waals surface area contributed by atoms with Crippen LogP contribution in [-0.2, 0) is 0 Å². The van der Waals surface area contributed by atoms with E-state index in [0.29, 0.717) is 0 Å². The summed E-state index contributed by atoms with van der Waals surface area (Å²) in [7, 11) is 0. The standard InChI is InChI=1S/C15H13N3O/c1-10-14(11-6-8-16-9-7-11)15(18-17-10)12-4-2-3-5-13(12)19/h2-9,19H,1H3,(H,17,18). The number of nitrogens with one attached hydrogen (secondary N) is 1. The lowest BCUT2D eigenvalue weighted by molar-refractivity contribution is 0.477. The molecule has 0 atom stereocenters. The van der Waals surface area contributed by atoms with Crippen molar-refractivity contribution in [3.63, 3.8) is 0 Å².